The lowest BCUT2D eigenvalue weighted by Gasteiger charge is -2.34. The third-order valence-corrected chi connectivity index (χ3v) is 4.23. The minimum absolute atomic E-state index is 0.0839. The van der Waals surface area contributed by atoms with Crippen LogP contribution in [0, 0.1) is 5.82 Å². The summed E-state index contributed by atoms with van der Waals surface area (Å²) in [5, 5.41) is 2.63. The number of urea groups is 1. The molecule has 0 aliphatic carbocycles. The number of esters is 1. The number of benzene rings is 1. The van der Waals surface area contributed by atoms with Crippen LogP contribution in [0.1, 0.15) is 41.5 Å². The molecule has 2 N–H and O–H groups in total. The third kappa shape index (κ3) is 3.62. The number of carbonyl (C=O) groups is 2. The summed E-state index contributed by atoms with van der Waals surface area (Å²) in [6.45, 7) is 0.556. The van der Waals surface area contributed by atoms with Crippen LogP contribution in [0.3, 0.4) is 0 Å². The van der Waals surface area contributed by atoms with Crippen LogP contribution >= 0.6 is 0 Å². The topological polar surface area (TPSA) is 87.3 Å². The zero-order valence-electron chi connectivity index (χ0n) is 13.8. The fraction of sp³-hybridized carbons (Fsp3) is 0.353. The van der Waals surface area contributed by atoms with Gasteiger partial charge in [0.1, 0.15) is 11.6 Å². The van der Waals surface area contributed by atoms with Gasteiger partial charge < -0.3 is 19.9 Å². The lowest BCUT2D eigenvalue weighted by molar-refractivity contribution is 0.0602. The maximum absolute atomic E-state index is 13.6. The lowest BCUT2D eigenvalue weighted by atomic mass is 10.0. The van der Waals surface area contributed by atoms with E-state index in [9.17, 15) is 14.0 Å². The van der Waals surface area contributed by atoms with Gasteiger partial charge in [-0.25, -0.2) is 19.0 Å². The number of amides is 2. The van der Waals surface area contributed by atoms with Gasteiger partial charge in [-0.3, -0.25) is 0 Å². The van der Waals surface area contributed by atoms with Gasteiger partial charge in [0.05, 0.1) is 24.4 Å². The Labute approximate surface area is 144 Å². The van der Waals surface area contributed by atoms with Crippen molar-refractivity contribution in [2.75, 3.05) is 19.0 Å². The molecule has 2 amide bonds. The molecule has 8 heteroatoms. The van der Waals surface area contributed by atoms with E-state index in [0.29, 0.717) is 12.4 Å². The molecule has 2 heterocycles. The van der Waals surface area contributed by atoms with Gasteiger partial charge in [0.15, 0.2) is 0 Å². The molecular formula is C17H19FN4O3. The largest absolute Gasteiger partial charge is 0.465 e. The molecule has 25 heavy (non-hydrogen) atoms. The molecule has 0 spiro atoms. The highest BCUT2D eigenvalue weighted by Crippen LogP contribution is 2.30. The van der Waals surface area contributed by atoms with Crippen LogP contribution in [0.5, 0.6) is 0 Å². The van der Waals surface area contributed by atoms with Crippen LogP contribution < -0.4 is 5.32 Å². The van der Waals surface area contributed by atoms with E-state index in [1.54, 1.807) is 17.3 Å². The summed E-state index contributed by atoms with van der Waals surface area (Å²) in [4.78, 5) is 33.5. The Kier molecular flexibility index (Phi) is 4.97. The Balaban J connectivity index is 1.83. The first kappa shape index (κ1) is 16.9. The van der Waals surface area contributed by atoms with Crippen molar-refractivity contribution in [3.8, 4) is 0 Å². The highest BCUT2D eigenvalue weighted by atomic mass is 19.1. The summed E-state index contributed by atoms with van der Waals surface area (Å²) in [6, 6.07) is 2.96. The molecule has 1 atom stereocenters. The number of H-pyrrole nitrogens is 1. The molecule has 0 bridgehead atoms. The van der Waals surface area contributed by atoms with Gasteiger partial charge in [-0.1, -0.05) is 0 Å². The number of methoxy groups -OCH3 is 1. The Bertz CT molecular complexity index is 763. The lowest BCUT2D eigenvalue weighted by Crippen LogP contribution is -2.41. The Morgan fingerprint density at radius 3 is 2.96 bits per heavy atom. The fourth-order valence-corrected chi connectivity index (χ4v) is 3.01. The van der Waals surface area contributed by atoms with Gasteiger partial charge in [-0.2, -0.15) is 0 Å². The predicted molar refractivity (Wildman–Crippen MR) is 88.6 cm³/mol. The minimum atomic E-state index is -0.642. The molecule has 3 rings (SSSR count). The normalized spacial score (nSPS) is 17.2. The number of rotatable bonds is 3. The molecule has 7 nitrogen and oxygen atoms in total. The van der Waals surface area contributed by atoms with E-state index in [1.807, 2.05) is 0 Å². The van der Waals surface area contributed by atoms with Gasteiger partial charge in [-0.15, -0.1) is 0 Å². The van der Waals surface area contributed by atoms with Gasteiger partial charge in [0.25, 0.3) is 0 Å². The van der Waals surface area contributed by atoms with Crippen molar-refractivity contribution in [2.24, 2.45) is 0 Å². The van der Waals surface area contributed by atoms with Crippen LogP contribution in [0.15, 0.2) is 30.6 Å². The molecule has 2 aromatic rings. The van der Waals surface area contributed by atoms with Gasteiger partial charge in [0.2, 0.25) is 0 Å². The first-order valence-electron chi connectivity index (χ1n) is 8.05. The summed E-state index contributed by atoms with van der Waals surface area (Å²) in [6.07, 6.45) is 6.00. The van der Waals surface area contributed by atoms with E-state index < -0.39 is 17.8 Å². The second kappa shape index (κ2) is 7.33. The summed E-state index contributed by atoms with van der Waals surface area (Å²) in [7, 11) is 1.23. The van der Waals surface area contributed by atoms with Gasteiger partial charge >= 0.3 is 12.0 Å². The van der Waals surface area contributed by atoms with Crippen molar-refractivity contribution in [2.45, 2.75) is 25.3 Å². The monoisotopic (exact) mass is 346 g/mol. The smallest absolute Gasteiger partial charge is 0.339 e. The van der Waals surface area contributed by atoms with Crippen LogP contribution in [0.2, 0.25) is 0 Å². The van der Waals surface area contributed by atoms with Crippen LogP contribution in [-0.4, -0.2) is 40.5 Å². The van der Waals surface area contributed by atoms with Crippen molar-refractivity contribution in [1.82, 2.24) is 14.9 Å². The van der Waals surface area contributed by atoms with E-state index in [1.165, 1.54) is 13.2 Å². The predicted octanol–water partition coefficient (Wildman–Crippen LogP) is 3.09. The summed E-state index contributed by atoms with van der Waals surface area (Å²) in [5.74, 6) is -0.483. The van der Waals surface area contributed by atoms with Crippen molar-refractivity contribution in [3.05, 3.63) is 47.8 Å². The number of nitrogens with one attached hydrogen (secondary N) is 2. The zero-order valence-corrected chi connectivity index (χ0v) is 13.8. The molecule has 1 fully saturated rings. The first-order chi connectivity index (χ1) is 12.1. The maximum atomic E-state index is 13.6. The van der Waals surface area contributed by atoms with E-state index in [-0.39, 0.29) is 17.3 Å². The van der Waals surface area contributed by atoms with Crippen molar-refractivity contribution >= 4 is 17.7 Å². The van der Waals surface area contributed by atoms with Crippen LogP contribution in [0.4, 0.5) is 14.9 Å². The number of piperidine rings is 1. The number of nitrogens with zero attached hydrogens (tertiary/aromatic N) is 2. The zero-order chi connectivity index (χ0) is 17.8. The number of aromatic amines is 1. The Morgan fingerprint density at radius 1 is 1.40 bits per heavy atom. The second-order valence-corrected chi connectivity index (χ2v) is 5.79. The van der Waals surface area contributed by atoms with Gasteiger partial charge in [-0.05, 0) is 37.5 Å². The Morgan fingerprint density at radius 2 is 2.24 bits per heavy atom. The highest BCUT2D eigenvalue weighted by Gasteiger charge is 2.30. The molecule has 1 aromatic heterocycles. The SMILES string of the molecule is COC(=O)c1ccc(F)cc1NC(=O)N1CCCC[C@H]1c1ncc[nH]1. The van der Waals surface area contributed by atoms with Crippen LogP contribution in [0.25, 0.3) is 0 Å². The number of hydrogen-bond acceptors (Lipinski definition) is 4. The molecule has 0 radical (unpaired) electrons. The molecule has 1 aromatic carbocycles. The van der Waals surface area contributed by atoms with E-state index in [0.717, 1.165) is 31.4 Å². The van der Waals surface area contributed by atoms with Crippen LogP contribution in [-0.2, 0) is 4.74 Å². The number of ether oxygens (including phenoxy) is 1. The van der Waals surface area contributed by atoms with E-state index in [4.69, 9.17) is 0 Å². The number of imidazole rings is 1. The number of halogens is 1. The summed E-state index contributed by atoms with van der Waals surface area (Å²) >= 11 is 0. The maximum Gasteiger partial charge on any atom is 0.339 e. The molecular weight excluding hydrogens is 327 g/mol. The highest BCUT2D eigenvalue weighted by molar-refractivity contribution is 6.00. The molecule has 1 aliphatic rings. The number of aromatic nitrogens is 2. The average Bonchev–Trinajstić information content (AvgIpc) is 3.16. The standard InChI is InChI=1S/C17H19FN4O3/c1-25-16(23)12-6-5-11(18)10-13(12)21-17(24)22-9-3-2-4-14(22)15-19-7-8-20-15/h5-8,10,14H,2-4,9H2,1H3,(H,19,20)(H,21,24)/t14-/m0/s1. The molecule has 132 valence electrons. The molecule has 0 saturated carbocycles. The fourth-order valence-electron chi connectivity index (χ4n) is 3.01. The van der Waals surface area contributed by atoms with Gasteiger partial charge in [0, 0.05) is 18.9 Å². The van der Waals surface area contributed by atoms with Crippen molar-refractivity contribution < 1.29 is 18.7 Å². The number of anilines is 1. The Hall–Kier alpha value is -2.90. The minimum Gasteiger partial charge on any atom is -0.465 e. The third-order valence-electron chi connectivity index (χ3n) is 4.23. The van der Waals surface area contributed by atoms with E-state index in [2.05, 4.69) is 20.0 Å². The molecule has 1 aliphatic heterocycles. The number of hydrogen-bond donors (Lipinski definition) is 2. The average molecular weight is 346 g/mol. The quantitative estimate of drug-likeness (QED) is 0.836. The number of likely N-dealkylation sites (tertiary alicyclic amines) is 1. The summed E-state index contributed by atoms with van der Waals surface area (Å²) in [5.41, 5.74) is 0.185. The second-order valence-electron chi connectivity index (χ2n) is 5.79. The molecule has 0 unspecified atom stereocenters. The van der Waals surface area contributed by atoms with E-state index >= 15 is 0 Å². The first-order valence-corrected chi connectivity index (χ1v) is 8.05. The molecule has 1 saturated heterocycles. The number of carbonyl (C=O) groups excluding carboxylic acids is 2. The van der Waals surface area contributed by atoms with Crippen molar-refractivity contribution in [1.29, 1.82) is 0 Å². The van der Waals surface area contributed by atoms with Crippen molar-refractivity contribution in [3.63, 3.8) is 0 Å². The summed E-state index contributed by atoms with van der Waals surface area (Å²) < 4.78 is 18.3.